The molecule has 6 aromatic carbocycles. The van der Waals surface area contributed by atoms with E-state index in [2.05, 4.69) is 45.6 Å². The van der Waals surface area contributed by atoms with Crippen LogP contribution in [0.2, 0.25) is 0 Å². The van der Waals surface area contributed by atoms with Crippen molar-refractivity contribution in [3.05, 3.63) is 178 Å². The molecule has 3 unspecified atom stereocenters. The number of fused-ring (bicyclic) bond motifs is 3. The second-order valence-corrected chi connectivity index (χ2v) is 26.1. The standard InChI is InChI=1S/3C25H27F2N5O3/c3*1-16(29-20-13-18(26)12-19(27)14-20)21-10-17(25(33)32-4-8-35-9-5-32)11-22-24(21)30-23(15-28-22)31-2-6-34-7-3-31/h3*10-16,29H,2-9H2,1H3. The number of morpholine rings is 6. The van der Waals surface area contributed by atoms with Crippen LogP contribution in [0.25, 0.3) is 33.1 Å². The molecule has 6 saturated heterocycles. The number of halogens is 6. The lowest BCUT2D eigenvalue weighted by molar-refractivity contribution is 0.0301. The molecular formula is C75H81F6N15O9. The SMILES string of the molecule is CC(Nc1cc(F)cc(F)c1)c1cc(C(=O)N2CCOCC2)cc2ncc(N3CCOCC3)nc12.CC(Nc1cc(F)cc(F)c1)c1cc(C(=O)N2CCOCC2)cc2ncc(N3CCOCC3)nc12.CC(Nc1cc(F)cc(F)c1)c1cc(C(=O)N2CCOCC2)cc2ncc(N3CCOCC3)nc12. The summed E-state index contributed by atoms with van der Waals surface area (Å²) in [5.41, 5.74) is 8.12. The molecular weight excluding hydrogens is 1370 g/mol. The van der Waals surface area contributed by atoms with Gasteiger partial charge in [-0.3, -0.25) is 29.3 Å². The van der Waals surface area contributed by atoms with E-state index in [-0.39, 0.29) is 17.7 Å². The molecule has 15 rings (SSSR count). The first kappa shape index (κ1) is 73.2. The zero-order chi connectivity index (χ0) is 73.1. The largest absolute Gasteiger partial charge is 0.378 e. The quantitative estimate of drug-likeness (QED) is 0.0809. The number of hydrogen-bond acceptors (Lipinski definition) is 21. The lowest BCUT2D eigenvalue weighted by atomic mass is 10.0. The molecule has 552 valence electrons. The van der Waals surface area contributed by atoms with Crippen molar-refractivity contribution in [3.8, 4) is 0 Å². The van der Waals surface area contributed by atoms with Gasteiger partial charge in [0.15, 0.2) is 0 Å². The van der Waals surface area contributed by atoms with Gasteiger partial charge in [-0.05, 0) is 93.6 Å². The maximum Gasteiger partial charge on any atom is 0.254 e. The number of benzene rings is 6. The third-order valence-corrected chi connectivity index (χ3v) is 18.8. The minimum absolute atomic E-state index is 0.112. The number of amides is 3. The Morgan fingerprint density at radius 3 is 0.771 bits per heavy atom. The van der Waals surface area contributed by atoms with Crippen LogP contribution in [0.3, 0.4) is 0 Å². The van der Waals surface area contributed by atoms with E-state index in [9.17, 15) is 40.7 Å². The summed E-state index contributed by atoms with van der Waals surface area (Å²) in [5, 5.41) is 9.45. The maximum atomic E-state index is 13.8. The molecule has 6 fully saturated rings. The number of carbonyl (C=O) groups excluding carboxylic acids is 3. The molecule has 3 atom stereocenters. The molecule has 6 aliphatic rings. The summed E-state index contributed by atoms with van der Waals surface area (Å²) in [4.78, 5) is 79.9. The first-order valence-electron chi connectivity index (χ1n) is 35.1. The van der Waals surface area contributed by atoms with Crippen LogP contribution in [0.4, 0.5) is 60.9 Å². The Bertz CT molecular complexity index is 4080. The number of nitrogens with one attached hydrogen (secondary N) is 3. The molecule has 0 saturated carbocycles. The lowest BCUT2D eigenvalue weighted by Crippen LogP contribution is -2.40. The molecule has 0 spiro atoms. The first-order chi connectivity index (χ1) is 50.9. The van der Waals surface area contributed by atoms with Crippen LogP contribution in [0.5, 0.6) is 0 Å². The smallest absolute Gasteiger partial charge is 0.254 e. The Morgan fingerprint density at radius 2 is 0.543 bits per heavy atom. The molecule has 9 heterocycles. The number of rotatable bonds is 15. The van der Waals surface area contributed by atoms with Gasteiger partial charge in [-0.1, -0.05) is 0 Å². The molecule has 24 nitrogen and oxygen atoms in total. The van der Waals surface area contributed by atoms with Crippen LogP contribution in [-0.2, 0) is 28.4 Å². The minimum atomic E-state index is -0.671. The average Bonchev–Trinajstić information content (AvgIpc) is 0.785. The van der Waals surface area contributed by atoms with Gasteiger partial charge in [-0.15, -0.1) is 0 Å². The van der Waals surface area contributed by atoms with E-state index in [1.165, 1.54) is 36.4 Å². The van der Waals surface area contributed by atoms with Crippen LogP contribution in [0.1, 0.15) is 86.7 Å². The number of anilines is 6. The molecule has 0 bridgehead atoms. The second kappa shape index (κ2) is 33.8. The fourth-order valence-electron chi connectivity index (χ4n) is 13.3. The Balaban J connectivity index is 0.000000140. The van der Waals surface area contributed by atoms with Crippen LogP contribution in [0, 0.1) is 34.9 Å². The third-order valence-electron chi connectivity index (χ3n) is 18.8. The predicted octanol–water partition coefficient (Wildman–Crippen LogP) is 10.2. The minimum Gasteiger partial charge on any atom is -0.378 e. The topological polar surface area (TPSA) is 239 Å². The van der Waals surface area contributed by atoms with Crippen LogP contribution in [0.15, 0.2) is 110 Å². The molecule has 3 aromatic heterocycles. The molecule has 3 N–H and O–H groups in total. The van der Waals surface area contributed by atoms with Gasteiger partial charge in [0, 0.05) is 147 Å². The summed E-state index contributed by atoms with van der Waals surface area (Å²) >= 11 is 0. The Labute approximate surface area is 601 Å². The van der Waals surface area contributed by atoms with E-state index < -0.39 is 53.0 Å². The van der Waals surface area contributed by atoms with Crippen molar-refractivity contribution in [2.75, 3.05) is 188 Å². The summed E-state index contributed by atoms with van der Waals surface area (Å²) < 4.78 is 115. The van der Waals surface area contributed by atoms with Gasteiger partial charge >= 0.3 is 0 Å². The highest BCUT2D eigenvalue weighted by molar-refractivity contribution is 6.00. The highest BCUT2D eigenvalue weighted by Gasteiger charge is 2.29. The van der Waals surface area contributed by atoms with Crippen molar-refractivity contribution < 1.29 is 69.1 Å². The molecule has 105 heavy (non-hydrogen) atoms. The van der Waals surface area contributed by atoms with E-state index in [0.29, 0.717) is 241 Å². The van der Waals surface area contributed by atoms with E-state index >= 15 is 0 Å². The van der Waals surface area contributed by atoms with Gasteiger partial charge in [-0.25, -0.2) is 41.3 Å². The highest BCUT2D eigenvalue weighted by Crippen LogP contribution is 2.34. The van der Waals surface area contributed by atoms with E-state index in [4.69, 9.17) is 43.4 Å². The van der Waals surface area contributed by atoms with Crippen LogP contribution in [-0.4, -0.2) is 220 Å². The normalized spacial score (nSPS) is 17.5. The predicted molar refractivity (Wildman–Crippen MR) is 383 cm³/mol. The van der Waals surface area contributed by atoms with Crippen molar-refractivity contribution in [2.24, 2.45) is 0 Å². The summed E-state index contributed by atoms with van der Waals surface area (Å²) in [6.07, 6.45) is 5.13. The van der Waals surface area contributed by atoms with Gasteiger partial charge in [0.2, 0.25) is 0 Å². The Morgan fingerprint density at radius 1 is 0.324 bits per heavy atom. The zero-order valence-electron chi connectivity index (χ0n) is 58.4. The maximum absolute atomic E-state index is 13.8. The number of ether oxygens (including phenoxy) is 6. The van der Waals surface area contributed by atoms with Crippen molar-refractivity contribution in [1.29, 1.82) is 0 Å². The van der Waals surface area contributed by atoms with Crippen LogP contribution < -0.4 is 30.7 Å². The molecule has 0 aliphatic carbocycles. The summed E-state index contributed by atoms with van der Waals surface area (Å²) in [7, 11) is 0. The molecule has 3 amide bonds. The highest BCUT2D eigenvalue weighted by atomic mass is 19.2. The van der Waals surface area contributed by atoms with Crippen molar-refractivity contribution in [3.63, 3.8) is 0 Å². The summed E-state index contributed by atoms with van der Waals surface area (Å²) in [6, 6.07) is 19.3. The van der Waals surface area contributed by atoms with Gasteiger partial charge < -0.3 is 73.8 Å². The molecule has 0 radical (unpaired) electrons. The van der Waals surface area contributed by atoms with Gasteiger partial charge in [0.05, 0.1) is 149 Å². The second-order valence-electron chi connectivity index (χ2n) is 26.1. The number of carbonyl (C=O) groups is 3. The monoisotopic (exact) mass is 1450 g/mol. The molecule has 30 heteroatoms. The Hall–Kier alpha value is -10.1. The average molecular weight is 1450 g/mol. The van der Waals surface area contributed by atoms with Crippen molar-refractivity contribution in [2.45, 2.75) is 38.9 Å². The van der Waals surface area contributed by atoms with Crippen molar-refractivity contribution in [1.82, 2.24) is 44.6 Å². The third kappa shape index (κ3) is 18.2. The summed E-state index contributed by atoms with van der Waals surface area (Å²) in [6.45, 7) is 19.6. The van der Waals surface area contributed by atoms with E-state index in [1.54, 1.807) is 69.7 Å². The number of hydrogen-bond donors (Lipinski definition) is 3. The molecule has 6 aliphatic heterocycles. The lowest BCUT2D eigenvalue weighted by Gasteiger charge is -2.29. The Kier molecular flexibility index (Phi) is 23.5. The van der Waals surface area contributed by atoms with E-state index in [1.807, 2.05) is 20.8 Å². The number of aromatic nitrogens is 6. The first-order valence-corrected chi connectivity index (χ1v) is 35.1. The van der Waals surface area contributed by atoms with Gasteiger partial charge in [-0.2, -0.15) is 0 Å². The molecule has 9 aromatic rings. The van der Waals surface area contributed by atoms with E-state index in [0.717, 1.165) is 35.7 Å². The van der Waals surface area contributed by atoms with Gasteiger partial charge in [0.1, 0.15) is 52.4 Å². The van der Waals surface area contributed by atoms with Crippen molar-refractivity contribution >= 4 is 85.3 Å². The van der Waals surface area contributed by atoms with Gasteiger partial charge in [0.25, 0.3) is 17.7 Å². The van der Waals surface area contributed by atoms with Crippen LogP contribution >= 0.6 is 0 Å². The summed E-state index contributed by atoms with van der Waals surface area (Å²) in [5.74, 6) is -2.20. The number of nitrogens with zero attached hydrogens (tertiary/aromatic N) is 12. The zero-order valence-corrected chi connectivity index (χ0v) is 58.4. The fraction of sp³-hybridized carbons (Fsp3) is 0.400. The fourth-order valence-corrected chi connectivity index (χ4v) is 13.3.